The van der Waals surface area contributed by atoms with Gasteiger partial charge in [-0.3, -0.25) is 9.59 Å². The second-order valence-electron chi connectivity index (χ2n) is 8.60. The van der Waals surface area contributed by atoms with Crippen LogP contribution in [-0.2, 0) is 11.4 Å². The molecule has 0 saturated carbocycles. The molecule has 3 aromatic rings. The predicted molar refractivity (Wildman–Crippen MR) is 126 cm³/mol. The monoisotopic (exact) mass is 477 g/mol. The third-order valence-electron chi connectivity index (χ3n) is 6.33. The van der Waals surface area contributed by atoms with E-state index in [1.54, 1.807) is 40.1 Å². The quantitative estimate of drug-likeness (QED) is 0.558. The molecule has 0 bridgehead atoms. The van der Waals surface area contributed by atoms with Crippen molar-refractivity contribution in [3.8, 4) is 17.2 Å². The zero-order chi connectivity index (χ0) is 24.4. The van der Waals surface area contributed by atoms with Crippen molar-refractivity contribution in [1.82, 2.24) is 15.0 Å². The molecule has 182 valence electrons. The number of hydrogen-bond acceptors (Lipinski definition) is 7. The van der Waals surface area contributed by atoms with Crippen LogP contribution in [0.25, 0.3) is 0 Å². The van der Waals surface area contributed by atoms with Gasteiger partial charge in [-0.25, -0.2) is 0 Å². The van der Waals surface area contributed by atoms with Gasteiger partial charge in [0.25, 0.3) is 11.8 Å². The number of carbonyl (C=O) groups excluding carboxylic acids is 2. The van der Waals surface area contributed by atoms with Gasteiger partial charge in [0.1, 0.15) is 24.7 Å². The number of aryl methyl sites for hydroxylation is 2. The average molecular weight is 478 g/mol. The van der Waals surface area contributed by atoms with Gasteiger partial charge in [0.15, 0.2) is 11.5 Å². The molecule has 3 heterocycles. The molecule has 0 aliphatic carbocycles. The van der Waals surface area contributed by atoms with Gasteiger partial charge >= 0.3 is 0 Å². The number of piperazine rings is 1. The summed E-state index contributed by atoms with van der Waals surface area (Å²) in [6.07, 6.45) is -0.676. The fraction of sp³-hybridized carbons (Fsp3) is 0.346. The molecule has 1 aromatic heterocycles. The number of amides is 2. The number of nitrogens with zero attached hydrogens (tertiary/aromatic N) is 3. The molecule has 1 atom stereocenters. The number of benzene rings is 2. The Balaban J connectivity index is 1.12. The molecule has 2 amide bonds. The molecule has 9 nitrogen and oxygen atoms in total. The van der Waals surface area contributed by atoms with E-state index in [1.807, 2.05) is 32.0 Å². The maximum absolute atomic E-state index is 13.0. The number of rotatable bonds is 5. The highest BCUT2D eigenvalue weighted by atomic mass is 16.6. The Morgan fingerprint density at radius 1 is 0.971 bits per heavy atom. The third kappa shape index (κ3) is 4.80. The van der Waals surface area contributed by atoms with Gasteiger partial charge < -0.3 is 28.5 Å². The molecule has 5 rings (SSSR count). The first-order chi connectivity index (χ1) is 17.0. The molecule has 35 heavy (non-hydrogen) atoms. The Morgan fingerprint density at radius 2 is 1.66 bits per heavy atom. The van der Waals surface area contributed by atoms with Gasteiger partial charge in [0, 0.05) is 31.7 Å². The number of para-hydroxylation sites is 2. The lowest BCUT2D eigenvalue weighted by atomic mass is 10.1. The van der Waals surface area contributed by atoms with Gasteiger partial charge in [0.2, 0.25) is 6.10 Å². The van der Waals surface area contributed by atoms with E-state index < -0.39 is 6.10 Å². The summed E-state index contributed by atoms with van der Waals surface area (Å²) in [6.45, 7) is 6.07. The summed E-state index contributed by atoms with van der Waals surface area (Å²) in [5.41, 5.74) is 2.31. The predicted octanol–water partition coefficient (Wildman–Crippen LogP) is 2.99. The van der Waals surface area contributed by atoms with Gasteiger partial charge in [-0.05, 0) is 50.2 Å². The van der Waals surface area contributed by atoms with Crippen molar-refractivity contribution in [2.24, 2.45) is 0 Å². The van der Waals surface area contributed by atoms with Crippen LogP contribution in [-0.4, -0.2) is 65.7 Å². The summed E-state index contributed by atoms with van der Waals surface area (Å²) in [5, 5.41) is 3.93. The topological polar surface area (TPSA) is 94.3 Å². The second-order valence-corrected chi connectivity index (χ2v) is 8.60. The highest BCUT2D eigenvalue weighted by Gasteiger charge is 2.33. The maximum atomic E-state index is 13.0. The smallest absolute Gasteiger partial charge is 0.267 e. The van der Waals surface area contributed by atoms with E-state index >= 15 is 0 Å². The van der Waals surface area contributed by atoms with Gasteiger partial charge in [-0.15, -0.1) is 0 Å². The summed E-state index contributed by atoms with van der Waals surface area (Å²) in [4.78, 5) is 29.4. The molecule has 2 aromatic carbocycles. The van der Waals surface area contributed by atoms with Crippen molar-refractivity contribution in [2.75, 3.05) is 32.8 Å². The van der Waals surface area contributed by atoms with Crippen molar-refractivity contribution in [3.05, 3.63) is 71.1 Å². The molecule has 0 radical (unpaired) electrons. The molecule has 9 heteroatoms. The third-order valence-corrected chi connectivity index (χ3v) is 6.33. The van der Waals surface area contributed by atoms with Crippen LogP contribution in [0.3, 0.4) is 0 Å². The molecule has 0 spiro atoms. The van der Waals surface area contributed by atoms with Crippen molar-refractivity contribution < 1.29 is 28.3 Å². The van der Waals surface area contributed by atoms with Crippen molar-refractivity contribution in [2.45, 2.75) is 26.6 Å². The number of carbonyl (C=O) groups is 2. The first-order valence-corrected chi connectivity index (χ1v) is 11.6. The number of ether oxygens (including phenoxy) is 3. The Kier molecular flexibility index (Phi) is 6.31. The zero-order valence-corrected chi connectivity index (χ0v) is 19.7. The van der Waals surface area contributed by atoms with E-state index in [0.29, 0.717) is 55.6 Å². The van der Waals surface area contributed by atoms with Crippen LogP contribution in [0.15, 0.2) is 53.1 Å². The summed E-state index contributed by atoms with van der Waals surface area (Å²) in [6, 6.07) is 14.4. The Morgan fingerprint density at radius 3 is 2.34 bits per heavy atom. The standard InChI is InChI=1S/C26H27N3O6/c1-17-21(18(2)35-27-17)15-32-20-9-7-19(8-10-20)25(30)28-11-13-29(14-12-28)26(31)24-16-33-22-5-3-4-6-23(22)34-24/h3-10,24H,11-16H2,1-2H3/t24-/m1/s1. The molecular weight excluding hydrogens is 450 g/mol. The van der Waals surface area contributed by atoms with Crippen LogP contribution in [0.4, 0.5) is 0 Å². The van der Waals surface area contributed by atoms with E-state index in [1.165, 1.54) is 0 Å². The summed E-state index contributed by atoms with van der Waals surface area (Å²) in [7, 11) is 0. The highest BCUT2D eigenvalue weighted by molar-refractivity contribution is 5.94. The fourth-order valence-electron chi connectivity index (χ4n) is 4.21. The van der Waals surface area contributed by atoms with Gasteiger partial charge in [0.05, 0.1) is 11.3 Å². The normalized spacial score (nSPS) is 17.3. The highest BCUT2D eigenvalue weighted by Crippen LogP contribution is 2.31. The van der Waals surface area contributed by atoms with Crippen molar-refractivity contribution >= 4 is 11.8 Å². The summed E-state index contributed by atoms with van der Waals surface area (Å²) < 4.78 is 22.5. The number of aromatic nitrogens is 1. The van der Waals surface area contributed by atoms with Gasteiger partial charge in [-0.1, -0.05) is 17.3 Å². The second kappa shape index (κ2) is 9.69. The average Bonchev–Trinajstić information content (AvgIpc) is 3.23. The van der Waals surface area contributed by atoms with E-state index in [-0.39, 0.29) is 18.4 Å². The van der Waals surface area contributed by atoms with Crippen LogP contribution in [0.1, 0.15) is 27.4 Å². The minimum Gasteiger partial charge on any atom is -0.489 e. The van der Waals surface area contributed by atoms with E-state index in [4.69, 9.17) is 18.7 Å². The Labute approximate surface area is 203 Å². The fourth-order valence-corrected chi connectivity index (χ4v) is 4.21. The van der Waals surface area contributed by atoms with E-state index in [2.05, 4.69) is 5.16 Å². The molecule has 2 aliphatic rings. The minimum absolute atomic E-state index is 0.0689. The van der Waals surface area contributed by atoms with Gasteiger partial charge in [-0.2, -0.15) is 0 Å². The van der Waals surface area contributed by atoms with Crippen LogP contribution in [0, 0.1) is 13.8 Å². The van der Waals surface area contributed by atoms with Crippen LogP contribution >= 0.6 is 0 Å². The molecule has 1 fully saturated rings. The Hall–Kier alpha value is -4.01. The van der Waals surface area contributed by atoms with E-state index in [9.17, 15) is 9.59 Å². The van der Waals surface area contributed by atoms with Crippen molar-refractivity contribution in [1.29, 1.82) is 0 Å². The lowest BCUT2D eigenvalue weighted by Crippen LogP contribution is -2.55. The molecule has 2 aliphatic heterocycles. The molecule has 0 N–H and O–H groups in total. The van der Waals surface area contributed by atoms with Crippen LogP contribution in [0.2, 0.25) is 0 Å². The molecular formula is C26H27N3O6. The van der Waals surface area contributed by atoms with Crippen LogP contribution < -0.4 is 14.2 Å². The maximum Gasteiger partial charge on any atom is 0.267 e. The summed E-state index contributed by atoms with van der Waals surface area (Å²) in [5.74, 6) is 2.43. The SMILES string of the molecule is Cc1noc(C)c1COc1ccc(C(=O)N2CCN(C(=O)[C@H]3COc4ccccc4O3)CC2)cc1. The summed E-state index contributed by atoms with van der Waals surface area (Å²) >= 11 is 0. The van der Waals surface area contributed by atoms with Crippen LogP contribution in [0.5, 0.6) is 17.2 Å². The first-order valence-electron chi connectivity index (χ1n) is 11.6. The Bertz CT molecular complexity index is 1190. The lowest BCUT2D eigenvalue weighted by Gasteiger charge is -2.37. The minimum atomic E-state index is -0.676. The first kappa shape index (κ1) is 22.8. The zero-order valence-electron chi connectivity index (χ0n) is 19.7. The lowest BCUT2D eigenvalue weighted by molar-refractivity contribution is -0.142. The number of fused-ring (bicyclic) bond motifs is 1. The largest absolute Gasteiger partial charge is 0.489 e. The molecule has 1 saturated heterocycles. The van der Waals surface area contributed by atoms with Crippen molar-refractivity contribution in [3.63, 3.8) is 0 Å². The van der Waals surface area contributed by atoms with E-state index in [0.717, 1.165) is 17.0 Å². The molecule has 0 unspecified atom stereocenters. The number of hydrogen-bond donors (Lipinski definition) is 0.